The molecule has 1 rings (SSSR count). The minimum absolute atomic E-state index is 0.273. The number of aryl methyl sites for hydroxylation is 2. The highest BCUT2D eigenvalue weighted by Crippen LogP contribution is 2.29. The van der Waals surface area contributed by atoms with Gasteiger partial charge in [-0.05, 0) is 37.8 Å². The molecule has 2 heteroatoms. The zero-order chi connectivity index (χ0) is 10.0. The normalized spacial score (nSPS) is 13.7. The highest BCUT2D eigenvalue weighted by molar-refractivity contribution is 7.12. The molecule has 0 aromatic carbocycles. The Kier molecular flexibility index (Phi) is 3.51. The molecule has 1 aromatic heterocycles. The molecule has 0 saturated heterocycles. The van der Waals surface area contributed by atoms with Gasteiger partial charge in [-0.1, -0.05) is 13.8 Å². The van der Waals surface area contributed by atoms with Crippen molar-refractivity contribution in [3.63, 3.8) is 0 Å². The van der Waals surface area contributed by atoms with Crippen LogP contribution in [0.15, 0.2) is 6.07 Å². The maximum atomic E-state index is 9.89. The predicted molar refractivity (Wildman–Crippen MR) is 58.2 cm³/mol. The van der Waals surface area contributed by atoms with Gasteiger partial charge in [0, 0.05) is 9.75 Å². The first kappa shape index (κ1) is 10.7. The molecule has 0 aliphatic heterocycles. The lowest BCUT2D eigenvalue weighted by molar-refractivity contribution is 0.151. The molecule has 0 bridgehead atoms. The molecule has 1 atom stereocenters. The molecule has 0 aliphatic carbocycles. The van der Waals surface area contributed by atoms with Gasteiger partial charge in [-0.3, -0.25) is 0 Å². The highest BCUT2D eigenvalue weighted by atomic mass is 32.1. The van der Waals surface area contributed by atoms with Crippen molar-refractivity contribution in [3.05, 3.63) is 21.4 Å². The molecule has 1 nitrogen and oxygen atoms in total. The molecule has 0 amide bonds. The van der Waals surface area contributed by atoms with Gasteiger partial charge in [0.1, 0.15) is 0 Å². The Morgan fingerprint density at radius 2 is 2.00 bits per heavy atom. The number of rotatable bonds is 3. The summed E-state index contributed by atoms with van der Waals surface area (Å²) in [5.74, 6) is 0.551. The second-order valence-corrected chi connectivity index (χ2v) is 5.47. The van der Waals surface area contributed by atoms with Crippen LogP contribution in [0.25, 0.3) is 0 Å². The largest absolute Gasteiger partial charge is 0.388 e. The summed E-state index contributed by atoms with van der Waals surface area (Å²) >= 11 is 1.76. The summed E-state index contributed by atoms with van der Waals surface area (Å²) < 4.78 is 0. The van der Waals surface area contributed by atoms with Crippen molar-refractivity contribution >= 4 is 11.3 Å². The fraction of sp³-hybridized carbons (Fsp3) is 0.636. The monoisotopic (exact) mass is 198 g/mol. The molecular formula is C11H18OS. The van der Waals surface area contributed by atoms with Crippen LogP contribution < -0.4 is 0 Å². The van der Waals surface area contributed by atoms with Crippen molar-refractivity contribution in [2.75, 3.05) is 0 Å². The molecule has 0 radical (unpaired) electrons. The van der Waals surface area contributed by atoms with Crippen molar-refractivity contribution in [2.24, 2.45) is 5.92 Å². The summed E-state index contributed by atoms with van der Waals surface area (Å²) in [6, 6.07) is 2.10. The van der Waals surface area contributed by atoms with E-state index in [1.807, 2.05) is 0 Å². The van der Waals surface area contributed by atoms with Gasteiger partial charge in [0.2, 0.25) is 0 Å². The van der Waals surface area contributed by atoms with E-state index in [-0.39, 0.29) is 6.10 Å². The third-order valence-electron chi connectivity index (χ3n) is 2.13. The van der Waals surface area contributed by atoms with Crippen LogP contribution in [0.3, 0.4) is 0 Å². The molecule has 1 N–H and O–H groups in total. The zero-order valence-corrected chi connectivity index (χ0v) is 9.61. The van der Waals surface area contributed by atoms with Crippen molar-refractivity contribution < 1.29 is 5.11 Å². The van der Waals surface area contributed by atoms with E-state index in [1.165, 1.54) is 9.75 Å². The standard InChI is InChI=1S/C11H18OS/c1-7(2)5-11(12)10-6-8(3)13-9(10)4/h6-7,11-12H,5H2,1-4H3. The molecule has 13 heavy (non-hydrogen) atoms. The summed E-state index contributed by atoms with van der Waals surface area (Å²) in [4.78, 5) is 2.54. The van der Waals surface area contributed by atoms with Gasteiger partial charge in [0.15, 0.2) is 0 Å². The fourth-order valence-electron chi connectivity index (χ4n) is 1.55. The Labute approximate surface area is 84.4 Å². The third kappa shape index (κ3) is 2.82. The van der Waals surface area contributed by atoms with Crippen LogP contribution in [0.2, 0.25) is 0 Å². The van der Waals surface area contributed by atoms with Crippen LogP contribution in [0.5, 0.6) is 0 Å². The van der Waals surface area contributed by atoms with Crippen molar-refractivity contribution in [2.45, 2.75) is 40.2 Å². The van der Waals surface area contributed by atoms with Gasteiger partial charge < -0.3 is 5.11 Å². The molecule has 74 valence electrons. The van der Waals surface area contributed by atoms with E-state index in [9.17, 15) is 5.11 Å². The average Bonchev–Trinajstić information content (AvgIpc) is 2.28. The Bertz CT molecular complexity index is 276. The van der Waals surface area contributed by atoms with Crippen LogP contribution in [-0.4, -0.2) is 5.11 Å². The summed E-state index contributed by atoms with van der Waals surface area (Å²) in [5, 5.41) is 9.89. The molecule has 1 aromatic rings. The van der Waals surface area contributed by atoms with Gasteiger partial charge in [0.25, 0.3) is 0 Å². The van der Waals surface area contributed by atoms with Crippen LogP contribution >= 0.6 is 11.3 Å². The molecule has 1 unspecified atom stereocenters. The second kappa shape index (κ2) is 4.25. The zero-order valence-electron chi connectivity index (χ0n) is 8.79. The summed E-state index contributed by atoms with van der Waals surface area (Å²) in [7, 11) is 0. The molecule has 1 heterocycles. The van der Waals surface area contributed by atoms with Crippen LogP contribution in [0, 0.1) is 19.8 Å². The summed E-state index contributed by atoms with van der Waals surface area (Å²) in [6.45, 7) is 8.44. The maximum absolute atomic E-state index is 9.89. The van der Waals surface area contributed by atoms with Crippen molar-refractivity contribution in [3.8, 4) is 0 Å². The lowest BCUT2D eigenvalue weighted by atomic mass is 10.0. The third-order valence-corrected chi connectivity index (χ3v) is 3.11. The number of aliphatic hydroxyl groups is 1. The van der Waals surface area contributed by atoms with Crippen LogP contribution in [0.4, 0.5) is 0 Å². The van der Waals surface area contributed by atoms with E-state index >= 15 is 0 Å². The molecule has 0 saturated carbocycles. The van der Waals surface area contributed by atoms with Crippen LogP contribution in [0.1, 0.15) is 41.7 Å². The minimum atomic E-state index is -0.273. The number of thiophene rings is 1. The van der Waals surface area contributed by atoms with Gasteiger partial charge in [-0.2, -0.15) is 0 Å². The molecule has 0 spiro atoms. The second-order valence-electron chi connectivity index (χ2n) is 4.01. The maximum Gasteiger partial charge on any atom is 0.0803 e. The lowest BCUT2D eigenvalue weighted by Crippen LogP contribution is -2.01. The number of aliphatic hydroxyl groups excluding tert-OH is 1. The van der Waals surface area contributed by atoms with Gasteiger partial charge >= 0.3 is 0 Å². The number of hydrogen-bond donors (Lipinski definition) is 1. The topological polar surface area (TPSA) is 20.2 Å². The van der Waals surface area contributed by atoms with Gasteiger partial charge in [-0.15, -0.1) is 11.3 Å². The summed E-state index contributed by atoms with van der Waals surface area (Å²) in [6.07, 6.45) is 0.585. The first-order valence-electron chi connectivity index (χ1n) is 4.75. The smallest absolute Gasteiger partial charge is 0.0803 e. The van der Waals surface area contributed by atoms with Crippen molar-refractivity contribution in [1.82, 2.24) is 0 Å². The van der Waals surface area contributed by atoms with Crippen LogP contribution in [-0.2, 0) is 0 Å². The van der Waals surface area contributed by atoms with E-state index in [4.69, 9.17) is 0 Å². The van der Waals surface area contributed by atoms with E-state index < -0.39 is 0 Å². The van der Waals surface area contributed by atoms with E-state index in [0.717, 1.165) is 12.0 Å². The van der Waals surface area contributed by atoms with Gasteiger partial charge in [-0.25, -0.2) is 0 Å². The van der Waals surface area contributed by atoms with Crippen molar-refractivity contribution in [1.29, 1.82) is 0 Å². The molecule has 0 aliphatic rings. The molecular weight excluding hydrogens is 180 g/mol. The average molecular weight is 198 g/mol. The summed E-state index contributed by atoms with van der Waals surface area (Å²) in [5.41, 5.74) is 1.12. The fourth-order valence-corrected chi connectivity index (χ4v) is 2.54. The number of hydrogen-bond acceptors (Lipinski definition) is 2. The quantitative estimate of drug-likeness (QED) is 0.788. The Morgan fingerprint density at radius 3 is 2.38 bits per heavy atom. The predicted octanol–water partition coefficient (Wildman–Crippen LogP) is 3.44. The highest BCUT2D eigenvalue weighted by Gasteiger charge is 2.13. The van der Waals surface area contributed by atoms with E-state index in [2.05, 4.69) is 33.8 Å². The first-order valence-corrected chi connectivity index (χ1v) is 5.57. The Balaban J connectivity index is 2.76. The van der Waals surface area contributed by atoms with E-state index in [1.54, 1.807) is 11.3 Å². The SMILES string of the molecule is Cc1cc(C(O)CC(C)C)c(C)s1. The Hall–Kier alpha value is -0.340. The molecule has 0 fully saturated rings. The van der Waals surface area contributed by atoms with Gasteiger partial charge in [0.05, 0.1) is 6.10 Å². The minimum Gasteiger partial charge on any atom is -0.388 e. The first-order chi connectivity index (χ1) is 6.00. The van der Waals surface area contributed by atoms with E-state index in [0.29, 0.717) is 5.92 Å². The lowest BCUT2D eigenvalue weighted by Gasteiger charge is -2.12. The Morgan fingerprint density at radius 1 is 1.38 bits per heavy atom.